The average Bonchev–Trinajstić information content (AvgIpc) is 4.20. The average molecular weight is 857 g/mol. The second kappa shape index (κ2) is 23.2. The van der Waals surface area contributed by atoms with Crippen molar-refractivity contribution in [2.75, 3.05) is 17.7 Å². The number of carbonyl (C=O) groups excluding carboxylic acids is 5. The van der Waals surface area contributed by atoms with E-state index in [9.17, 15) is 24.0 Å². The molecule has 4 unspecified atom stereocenters. The normalized spacial score (nSPS) is 17.6. The summed E-state index contributed by atoms with van der Waals surface area (Å²) in [6, 6.07) is 31.7. The summed E-state index contributed by atoms with van der Waals surface area (Å²) in [6.07, 6.45) is 12.4. The SMILES string of the molecule is COC(=O)/C=C/c1ccc(CCCC(=O)Nc2ccc(C3CC3CC(=O)OC(C)(C)C)cc2)cc1.NC1CC1c1ccc(NC(=O)CCCc2ccc(/C=C/C(=O)NO)cc2)cc1. The van der Waals surface area contributed by atoms with E-state index >= 15 is 0 Å². The van der Waals surface area contributed by atoms with E-state index in [4.69, 9.17) is 15.7 Å². The van der Waals surface area contributed by atoms with E-state index in [0.717, 1.165) is 72.2 Å². The third kappa shape index (κ3) is 17.1. The lowest BCUT2D eigenvalue weighted by Gasteiger charge is -2.19. The summed E-state index contributed by atoms with van der Waals surface area (Å²) in [5.41, 5.74) is 15.0. The van der Waals surface area contributed by atoms with Crippen LogP contribution in [0.2, 0.25) is 0 Å². The zero-order valence-corrected chi connectivity index (χ0v) is 36.6. The maximum atomic E-state index is 12.3. The third-order valence-electron chi connectivity index (χ3n) is 10.7. The Kier molecular flexibility index (Phi) is 17.5. The molecule has 4 atom stereocenters. The number of esters is 2. The molecule has 0 radical (unpaired) electrons. The van der Waals surface area contributed by atoms with Gasteiger partial charge in [0.15, 0.2) is 0 Å². The minimum absolute atomic E-state index is 0.00504. The summed E-state index contributed by atoms with van der Waals surface area (Å²) in [5, 5.41) is 14.3. The van der Waals surface area contributed by atoms with E-state index in [1.54, 1.807) is 17.6 Å². The Labute approximate surface area is 370 Å². The predicted molar refractivity (Wildman–Crippen MR) is 246 cm³/mol. The number of nitrogens with two attached hydrogens (primary N) is 1. The fourth-order valence-corrected chi connectivity index (χ4v) is 7.09. The lowest BCUT2D eigenvalue weighted by molar-refractivity contribution is -0.155. The molecule has 0 spiro atoms. The second-order valence-corrected chi connectivity index (χ2v) is 17.1. The number of aryl methyl sites for hydroxylation is 2. The van der Waals surface area contributed by atoms with E-state index in [1.165, 1.54) is 30.4 Å². The molecule has 6 N–H and O–H groups in total. The van der Waals surface area contributed by atoms with Gasteiger partial charge in [0.2, 0.25) is 11.8 Å². The molecular weight excluding hydrogens is 797 g/mol. The first-order chi connectivity index (χ1) is 30.2. The molecule has 4 aromatic carbocycles. The minimum Gasteiger partial charge on any atom is -0.466 e. The molecule has 2 fully saturated rings. The molecule has 0 aromatic heterocycles. The summed E-state index contributed by atoms with van der Waals surface area (Å²) < 4.78 is 10.0. The molecular formula is C51H60N4O8. The van der Waals surface area contributed by atoms with Crippen LogP contribution in [0, 0.1) is 5.92 Å². The highest BCUT2D eigenvalue weighted by Gasteiger charge is 2.40. The highest BCUT2D eigenvalue weighted by atomic mass is 16.6. The number of rotatable bonds is 18. The fraction of sp³-hybridized carbons (Fsp3) is 0.353. The van der Waals surface area contributed by atoms with Crippen LogP contribution < -0.4 is 21.8 Å². The van der Waals surface area contributed by atoms with Crippen molar-refractivity contribution in [2.45, 2.75) is 102 Å². The highest BCUT2D eigenvalue weighted by molar-refractivity contribution is 5.92. The van der Waals surface area contributed by atoms with Crippen LogP contribution >= 0.6 is 0 Å². The van der Waals surface area contributed by atoms with Gasteiger partial charge in [-0.15, -0.1) is 0 Å². The Balaban J connectivity index is 0.000000243. The number of ether oxygens (including phenoxy) is 2. The van der Waals surface area contributed by atoms with Crippen LogP contribution in [0.3, 0.4) is 0 Å². The van der Waals surface area contributed by atoms with Crippen LogP contribution in [0.5, 0.6) is 0 Å². The second-order valence-electron chi connectivity index (χ2n) is 17.1. The number of benzene rings is 4. The van der Waals surface area contributed by atoms with Crippen LogP contribution in [0.15, 0.2) is 109 Å². The Bertz CT molecular complexity index is 2210. The van der Waals surface area contributed by atoms with Gasteiger partial charge >= 0.3 is 11.9 Å². The lowest BCUT2D eigenvalue weighted by atomic mass is 10.1. The van der Waals surface area contributed by atoms with E-state index in [0.29, 0.717) is 37.0 Å². The summed E-state index contributed by atoms with van der Waals surface area (Å²) in [4.78, 5) is 58.6. The van der Waals surface area contributed by atoms with Crippen LogP contribution in [0.25, 0.3) is 12.2 Å². The van der Waals surface area contributed by atoms with Crippen molar-refractivity contribution in [3.8, 4) is 0 Å². The molecule has 12 heteroatoms. The number of amides is 3. The van der Waals surface area contributed by atoms with Gasteiger partial charge in [-0.2, -0.15) is 0 Å². The van der Waals surface area contributed by atoms with Gasteiger partial charge in [0, 0.05) is 54.7 Å². The smallest absolute Gasteiger partial charge is 0.330 e. The van der Waals surface area contributed by atoms with Crippen molar-refractivity contribution in [1.82, 2.24) is 5.48 Å². The summed E-state index contributed by atoms with van der Waals surface area (Å²) in [6.45, 7) is 5.65. The molecule has 2 saturated carbocycles. The van der Waals surface area contributed by atoms with Gasteiger partial charge < -0.3 is 25.8 Å². The summed E-state index contributed by atoms with van der Waals surface area (Å²) in [7, 11) is 1.35. The van der Waals surface area contributed by atoms with Gasteiger partial charge in [0.05, 0.1) is 7.11 Å². The molecule has 6 rings (SSSR count). The van der Waals surface area contributed by atoms with Crippen LogP contribution in [-0.4, -0.2) is 53.6 Å². The lowest BCUT2D eigenvalue weighted by Crippen LogP contribution is -2.24. The summed E-state index contributed by atoms with van der Waals surface area (Å²) in [5.74, 6) is 0.0945. The highest BCUT2D eigenvalue weighted by Crippen LogP contribution is 2.50. The Morgan fingerprint density at radius 3 is 1.57 bits per heavy atom. The van der Waals surface area contributed by atoms with E-state index < -0.39 is 11.5 Å². The summed E-state index contributed by atoms with van der Waals surface area (Å²) >= 11 is 0. The number of nitrogens with one attached hydrogen (secondary N) is 3. The first-order valence-electron chi connectivity index (χ1n) is 21.5. The monoisotopic (exact) mass is 856 g/mol. The molecule has 0 heterocycles. The molecule has 4 aromatic rings. The van der Waals surface area contributed by atoms with Gasteiger partial charge in [0.25, 0.3) is 5.91 Å². The van der Waals surface area contributed by atoms with E-state index in [-0.39, 0.29) is 29.8 Å². The number of anilines is 2. The molecule has 12 nitrogen and oxygen atoms in total. The predicted octanol–water partition coefficient (Wildman–Crippen LogP) is 8.65. The minimum atomic E-state index is -0.569. The number of hydrogen-bond donors (Lipinski definition) is 5. The van der Waals surface area contributed by atoms with Crippen LogP contribution in [-0.2, 0) is 46.3 Å². The molecule has 0 saturated heterocycles. The first-order valence-corrected chi connectivity index (χ1v) is 21.5. The molecule has 2 aliphatic carbocycles. The molecule has 2 aliphatic rings. The molecule has 63 heavy (non-hydrogen) atoms. The van der Waals surface area contributed by atoms with Crippen LogP contribution in [0.1, 0.15) is 111 Å². The van der Waals surface area contributed by atoms with E-state index in [2.05, 4.69) is 15.4 Å². The molecule has 332 valence electrons. The van der Waals surface area contributed by atoms with Crippen molar-refractivity contribution < 1.29 is 38.7 Å². The standard InChI is InChI=1S/C29H35NO5.C22H25N3O3/c1-29(2,3)35-28(33)19-23-18-25(23)22-13-15-24(16-14-22)30-26(31)7-5-6-20-8-10-21(11-9-20)12-17-27(32)34-4;23-20-14-19(20)17-9-11-18(12-10-17)24-21(26)3-1-2-15-4-6-16(7-5-15)8-13-22(27)25-28/h8-17,23,25H,5-7,18-19H2,1-4H3,(H,30,31);4-13,19-20,28H,1-3,14,23H2,(H,24,26)(H,25,27)/b17-12+;13-8+. The van der Waals surface area contributed by atoms with Gasteiger partial charge in [0.1, 0.15) is 5.60 Å². The zero-order valence-electron chi connectivity index (χ0n) is 36.6. The Morgan fingerprint density at radius 1 is 0.683 bits per heavy atom. The number of carbonyl (C=O) groups is 5. The van der Waals surface area contributed by atoms with Gasteiger partial charge in [-0.3, -0.25) is 24.4 Å². The van der Waals surface area contributed by atoms with Crippen molar-refractivity contribution in [3.63, 3.8) is 0 Å². The topological polar surface area (TPSA) is 186 Å². The van der Waals surface area contributed by atoms with E-state index in [1.807, 2.05) is 118 Å². The zero-order chi connectivity index (χ0) is 45.4. The maximum Gasteiger partial charge on any atom is 0.330 e. The number of hydroxylamine groups is 1. The largest absolute Gasteiger partial charge is 0.466 e. The van der Waals surface area contributed by atoms with Gasteiger partial charge in [-0.1, -0.05) is 72.8 Å². The van der Waals surface area contributed by atoms with Gasteiger partial charge in [-0.25, -0.2) is 10.3 Å². The maximum absolute atomic E-state index is 12.3. The number of hydrogen-bond acceptors (Lipinski definition) is 9. The number of methoxy groups -OCH3 is 1. The molecule has 0 bridgehead atoms. The third-order valence-corrected chi connectivity index (χ3v) is 10.7. The molecule has 0 aliphatic heterocycles. The van der Waals surface area contributed by atoms with Crippen molar-refractivity contribution in [1.29, 1.82) is 0 Å². The van der Waals surface area contributed by atoms with Crippen molar-refractivity contribution in [2.24, 2.45) is 11.7 Å². The Hall–Kier alpha value is -6.37. The first kappa shape index (κ1) is 47.7. The van der Waals surface area contributed by atoms with Crippen molar-refractivity contribution >= 4 is 53.2 Å². The van der Waals surface area contributed by atoms with Crippen molar-refractivity contribution in [3.05, 3.63) is 143 Å². The van der Waals surface area contributed by atoms with Gasteiger partial charge in [-0.05, 0) is 141 Å². The quantitative estimate of drug-likeness (QED) is 0.0283. The Morgan fingerprint density at radius 2 is 1.14 bits per heavy atom. The fourth-order valence-electron chi connectivity index (χ4n) is 7.09. The molecule has 3 amide bonds. The van der Waals surface area contributed by atoms with Crippen LogP contribution in [0.4, 0.5) is 11.4 Å².